The first kappa shape index (κ1) is 18.6. The van der Waals surface area contributed by atoms with Crippen molar-refractivity contribution < 1.29 is 19.8 Å². The van der Waals surface area contributed by atoms with Crippen LogP contribution < -0.4 is 10.8 Å². The van der Waals surface area contributed by atoms with Crippen molar-refractivity contribution >= 4 is 22.8 Å². The summed E-state index contributed by atoms with van der Waals surface area (Å²) in [5.41, 5.74) is 5.41. The van der Waals surface area contributed by atoms with Gasteiger partial charge in [0.2, 0.25) is 0 Å². The van der Waals surface area contributed by atoms with Gasteiger partial charge in [-0.15, -0.1) is 0 Å². The maximum absolute atomic E-state index is 10.4. The first-order valence-corrected chi connectivity index (χ1v) is 7.07. The third kappa shape index (κ3) is 13.2. The molecule has 0 aliphatic heterocycles. The summed E-state index contributed by atoms with van der Waals surface area (Å²) >= 11 is 0. The summed E-state index contributed by atoms with van der Waals surface area (Å²) in [6.45, 7) is 7.48. The van der Waals surface area contributed by atoms with Crippen LogP contribution in [-0.2, 0) is 20.5 Å². The Hall–Kier alpha value is -0.750. The number of rotatable bonds is 4. The Balaban J connectivity index is 0. The summed E-state index contributed by atoms with van der Waals surface area (Å²) in [7, 11) is 0.232. The third-order valence-electron chi connectivity index (χ3n) is 2.10. The molecule has 0 heterocycles. The van der Waals surface area contributed by atoms with Gasteiger partial charge >= 0.3 is 5.97 Å². The summed E-state index contributed by atoms with van der Waals surface area (Å²) < 4.78 is 0.262. The molecule has 5 nitrogen and oxygen atoms in total. The Morgan fingerprint density at radius 2 is 1.76 bits per heavy atom. The zero-order valence-electron chi connectivity index (χ0n) is 11.1. The van der Waals surface area contributed by atoms with Gasteiger partial charge in [0, 0.05) is 12.4 Å². The number of hydrogen-bond donors (Lipinski definition) is 2. The summed E-state index contributed by atoms with van der Waals surface area (Å²) in [4.78, 5) is 19.3. The fraction of sp³-hybridized carbons (Fsp3) is 0.818. The number of carbonyl (C=O) groups excluding carboxylic acids is 1. The second-order valence-corrected chi connectivity index (χ2v) is 7.59. The highest BCUT2D eigenvalue weighted by atomic mass is 32.2. The van der Waals surface area contributed by atoms with Crippen molar-refractivity contribution in [1.82, 2.24) is 0 Å². The van der Waals surface area contributed by atoms with Gasteiger partial charge in [0.1, 0.15) is 16.5 Å². The molecule has 17 heavy (non-hydrogen) atoms. The minimum absolute atomic E-state index is 0.232. The predicted molar refractivity (Wildman–Crippen MR) is 68.8 cm³/mol. The Morgan fingerprint density at radius 3 is 2.00 bits per heavy atom. The maximum atomic E-state index is 10.4. The van der Waals surface area contributed by atoms with Crippen molar-refractivity contribution in [3.8, 4) is 0 Å². The van der Waals surface area contributed by atoms with Gasteiger partial charge in [-0.2, -0.15) is 0 Å². The molecule has 0 radical (unpaired) electrons. The van der Waals surface area contributed by atoms with Gasteiger partial charge in [-0.1, -0.05) is 0 Å². The summed E-state index contributed by atoms with van der Waals surface area (Å²) in [5, 5.41) is 17.5. The van der Waals surface area contributed by atoms with Crippen LogP contribution >= 0.6 is 0 Å². The van der Waals surface area contributed by atoms with E-state index in [2.05, 4.69) is 27.0 Å². The van der Waals surface area contributed by atoms with E-state index < -0.39 is 18.0 Å². The molecule has 0 amide bonds. The second-order valence-electron chi connectivity index (χ2n) is 4.68. The Labute approximate surface area is 106 Å². The largest absolute Gasteiger partial charge is 0.550 e. The first-order valence-electron chi connectivity index (χ1n) is 5.27. The van der Waals surface area contributed by atoms with Crippen molar-refractivity contribution in [3.63, 3.8) is 0 Å². The smallest absolute Gasteiger partial charge is 0.320 e. The summed E-state index contributed by atoms with van der Waals surface area (Å²) in [5.74, 6) is -1.08. The third-order valence-corrected chi connectivity index (χ3v) is 5.04. The van der Waals surface area contributed by atoms with E-state index in [4.69, 9.17) is 20.7 Å². The lowest BCUT2D eigenvalue weighted by Crippen LogP contribution is -2.36. The number of hydrogen-bond acceptors (Lipinski definition) is 4. The molecule has 2 atom stereocenters. The molecule has 3 N–H and O–H groups in total. The lowest BCUT2D eigenvalue weighted by Gasteiger charge is -2.18. The van der Waals surface area contributed by atoms with E-state index in [-0.39, 0.29) is 15.6 Å². The molecule has 1 unspecified atom stereocenters. The molecule has 0 bridgehead atoms. The molecular formula is C11H23NO4S. The molecule has 0 saturated carbocycles. The summed E-state index contributed by atoms with van der Waals surface area (Å²) in [6, 6.07) is -0.697. The van der Waals surface area contributed by atoms with Crippen LogP contribution in [0.1, 0.15) is 34.1 Å². The number of aliphatic carboxylic acids is 2. The van der Waals surface area contributed by atoms with Gasteiger partial charge in [0.05, 0.1) is 6.26 Å². The van der Waals surface area contributed by atoms with Crippen LogP contribution in [0.5, 0.6) is 0 Å². The monoisotopic (exact) mass is 265 g/mol. The number of carboxylic acid groups (broad SMARTS) is 2. The highest BCUT2D eigenvalue weighted by molar-refractivity contribution is 7.97. The molecule has 0 aliphatic rings. The zero-order valence-corrected chi connectivity index (χ0v) is 12.0. The number of carboxylic acids is 2. The van der Waals surface area contributed by atoms with Gasteiger partial charge < -0.3 is 20.7 Å². The Morgan fingerprint density at radius 1 is 1.41 bits per heavy atom. The molecule has 0 aliphatic carbocycles. The minimum Gasteiger partial charge on any atom is -0.550 e. The van der Waals surface area contributed by atoms with E-state index in [0.29, 0.717) is 6.42 Å². The number of carbonyl (C=O) groups is 2. The van der Waals surface area contributed by atoms with E-state index in [1.807, 2.05) is 0 Å². The van der Waals surface area contributed by atoms with Crippen LogP contribution in [-0.4, -0.2) is 39.8 Å². The predicted octanol–water partition coefficient (Wildman–Crippen LogP) is -0.409. The fourth-order valence-corrected chi connectivity index (χ4v) is 1.95. The first-order chi connectivity index (χ1) is 7.48. The van der Waals surface area contributed by atoms with Gasteiger partial charge in [0.15, 0.2) is 0 Å². The fourth-order valence-electron chi connectivity index (χ4n) is 0.733. The van der Waals surface area contributed by atoms with Crippen LogP contribution in [0.25, 0.3) is 0 Å². The molecule has 0 fully saturated rings. The van der Waals surface area contributed by atoms with E-state index >= 15 is 0 Å². The lowest BCUT2D eigenvalue weighted by molar-refractivity contribution is -0.302. The van der Waals surface area contributed by atoms with Crippen LogP contribution in [0.4, 0.5) is 0 Å². The van der Waals surface area contributed by atoms with E-state index in [0.717, 1.165) is 12.7 Å². The molecule has 6 heteroatoms. The highest BCUT2D eigenvalue weighted by Crippen LogP contribution is 2.17. The van der Waals surface area contributed by atoms with Crippen LogP contribution in [0.15, 0.2) is 0 Å². The van der Waals surface area contributed by atoms with Gasteiger partial charge in [-0.3, -0.25) is 4.79 Å². The van der Waals surface area contributed by atoms with Gasteiger partial charge in [0.25, 0.3) is 0 Å². The molecule has 102 valence electrons. The molecule has 0 aromatic carbocycles. The molecule has 0 saturated heterocycles. The van der Waals surface area contributed by atoms with E-state index in [9.17, 15) is 4.79 Å². The second kappa shape index (κ2) is 8.36. The van der Waals surface area contributed by atoms with E-state index in [1.54, 1.807) is 0 Å². The van der Waals surface area contributed by atoms with Crippen LogP contribution in [0, 0.1) is 0 Å². The van der Waals surface area contributed by atoms with Crippen LogP contribution in [0.3, 0.4) is 0 Å². The molecular weight excluding hydrogens is 242 g/mol. The normalized spacial score (nSPS) is 14.2. The Kier molecular flexibility index (Phi) is 9.15. The van der Waals surface area contributed by atoms with Crippen molar-refractivity contribution in [3.05, 3.63) is 0 Å². The minimum atomic E-state index is -1.08. The SMILES string of the molecule is CC(=O)[O-].C[S+](CC[C@H](N)C(=O)O)C(C)(C)C. The van der Waals surface area contributed by atoms with Crippen LogP contribution in [0.2, 0.25) is 0 Å². The lowest BCUT2D eigenvalue weighted by atomic mass is 10.2. The van der Waals surface area contributed by atoms with E-state index in [1.165, 1.54) is 0 Å². The topological polar surface area (TPSA) is 103 Å². The molecule has 0 aromatic heterocycles. The highest BCUT2D eigenvalue weighted by Gasteiger charge is 2.30. The average Bonchev–Trinajstić information content (AvgIpc) is 2.10. The van der Waals surface area contributed by atoms with Crippen molar-refractivity contribution in [2.75, 3.05) is 12.0 Å². The number of nitrogens with two attached hydrogens (primary N) is 1. The maximum Gasteiger partial charge on any atom is 0.320 e. The van der Waals surface area contributed by atoms with Gasteiger partial charge in [-0.25, -0.2) is 0 Å². The van der Waals surface area contributed by atoms with Gasteiger partial charge in [-0.05, 0) is 38.6 Å². The van der Waals surface area contributed by atoms with Crippen molar-refractivity contribution in [2.24, 2.45) is 5.73 Å². The van der Waals surface area contributed by atoms with Crippen molar-refractivity contribution in [1.29, 1.82) is 0 Å². The molecule has 0 aromatic rings. The Bertz CT molecular complexity index is 246. The summed E-state index contributed by atoms with van der Waals surface area (Å²) in [6.07, 6.45) is 2.74. The van der Waals surface area contributed by atoms with Crippen molar-refractivity contribution in [2.45, 2.75) is 44.9 Å². The average molecular weight is 265 g/mol. The molecule has 0 rings (SSSR count). The molecule has 0 spiro atoms. The standard InChI is InChI=1S/C9H19NO2S.C2H4O2/c1-9(2,3)13(4)6-5-7(10)8(11)12;1-2(3)4/h7H,5-6,10H2,1-4H3;1H3,(H,3,4)/t7-,13?;/m0./s1. The quantitative estimate of drug-likeness (QED) is 0.673. The zero-order chi connectivity index (χ0) is 14.2.